The minimum atomic E-state index is -4.94. The van der Waals surface area contributed by atoms with Crippen LogP contribution in [0.2, 0.25) is 0 Å². The average Bonchev–Trinajstić information content (AvgIpc) is 3.09. The van der Waals surface area contributed by atoms with Crippen molar-refractivity contribution in [3.63, 3.8) is 0 Å². The zero-order valence-electron chi connectivity index (χ0n) is 15.8. The molecular formula is C17H28F6N4O2. The summed E-state index contributed by atoms with van der Waals surface area (Å²) >= 11 is 0. The molecule has 4 bridgehead atoms. The molecule has 6 nitrogen and oxygen atoms in total. The second-order valence-corrected chi connectivity index (χ2v) is 8.30. The van der Waals surface area contributed by atoms with Crippen molar-refractivity contribution in [1.29, 1.82) is 0 Å². The Hall–Kier alpha value is -0.660. The maximum Gasteiger partial charge on any atom is 0.421 e. The molecular weight excluding hydrogens is 406 g/mol. The number of hydrogen-bond acceptors (Lipinski definition) is 6. The fourth-order valence-electron chi connectivity index (χ4n) is 4.54. The third-order valence-electron chi connectivity index (χ3n) is 6.26. The molecule has 3 rings (SSSR count). The van der Waals surface area contributed by atoms with Crippen molar-refractivity contribution in [1.82, 2.24) is 16.2 Å². The SMILES string of the molecule is NC1CC(C(F)(F)F)C2CCCCCCC[C@](O)(C(F)(F)F)C3NNC(O3)C1N2. The van der Waals surface area contributed by atoms with E-state index >= 15 is 0 Å². The summed E-state index contributed by atoms with van der Waals surface area (Å²) in [5.41, 5.74) is 7.70. The van der Waals surface area contributed by atoms with Gasteiger partial charge in [0, 0.05) is 12.1 Å². The van der Waals surface area contributed by atoms with Crippen LogP contribution in [0.3, 0.4) is 0 Å². The van der Waals surface area contributed by atoms with Crippen molar-refractivity contribution in [2.24, 2.45) is 11.7 Å². The van der Waals surface area contributed by atoms with E-state index in [1.807, 2.05) is 0 Å². The fourth-order valence-corrected chi connectivity index (χ4v) is 4.54. The molecule has 3 saturated heterocycles. The van der Waals surface area contributed by atoms with E-state index in [0.29, 0.717) is 32.1 Å². The molecule has 12 heteroatoms. The number of ether oxygens (including phenoxy) is 1. The number of piperidine rings is 1. The lowest BCUT2D eigenvalue weighted by atomic mass is 9.81. The Kier molecular flexibility index (Phi) is 6.72. The van der Waals surface area contributed by atoms with Crippen LogP contribution >= 0.6 is 0 Å². The third-order valence-corrected chi connectivity index (χ3v) is 6.26. The van der Waals surface area contributed by atoms with Crippen LogP contribution in [0.4, 0.5) is 26.3 Å². The Bertz CT molecular complexity index is 563. The molecule has 3 heterocycles. The summed E-state index contributed by atoms with van der Waals surface area (Å²) in [6, 6.07) is -2.71. The number of aliphatic hydroxyl groups is 1. The molecule has 0 radical (unpaired) electrons. The van der Waals surface area contributed by atoms with E-state index in [-0.39, 0.29) is 12.8 Å². The second kappa shape index (κ2) is 8.46. The average molecular weight is 434 g/mol. The maximum atomic E-state index is 13.6. The molecule has 0 aromatic heterocycles. The van der Waals surface area contributed by atoms with Crippen molar-refractivity contribution >= 4 is 0 Å². The first kappa shape index (κ1) is 23.0. The van der Waals surface area contributed by atoms with Gasteiger partial charge in [0.2, 0.25) is 5.60 Å². The minimum Gasteiger partial charge on any atom is -0.377 e. The molecule has 170 valence electrons. The molecule has 0 aromatic rings. The van der Waals surface area contributed by atoms with Crippen LogP contribution < -0.4 is 21.9 Å². The first-order valence-electron chi connectivity index (χ1n) is 9.97. The summed E-state index contributed by atoms with van der Waals surface area (Å²) in [6.45, 7) is 0. The number of nitrogens with two attached hydrogens (primary N) is 1. The van der Waals surface area contributed by atoms with Gasteiger partial charge in [0.25, 0.3) is 0 Å². The molecule has 0 spiro atoms. The molecule has 0 aromatic carbocycles. The van der Waals surface area contributed by atoms with Gasteiger partial charge in [-0.2, -0.15) is 26.3 Å². The Morgan fingerprint density at radius 3 is 2.28 bits per heavy atom. The van der Waals surface area contributed by atoms with Crippen molar-refractivity contribution in [2.45, 2.75) is 99.9 Å². The Balaban J connectivity index is 1.83. The Morgan fingerprint density at radius 1 is 0.966 bits per heavy atom. The quantitative estimate of drug-likeness (QED) is 0.375. The van der Waals surface area contributed by atoms with E-state index in [2.05, 4.69) is 16.2 Å². The van der Waals surface area contributed by atoms with Crippen molar-refractivity contribution in [3.8, 4) is 0 Å². The van der Waals surface area contributed by atoms with Crippen molar-refractivity contribution in [3.05, 3.63) is 0 Å². The van der Waals surface area contributed by atoms with Crippen LogP contribution in [0, 0.1) is 5.92 Å². The molecule has 3 aliphatic rings. The summed E-state index contributed by atoms with van der Waals surface area (Å²) in [6.07, 6.45) is -10.6. The zero-order valence-corrected chi connectivity index (χ0v) is 15.8. The van der Waals surface area contributed by atoms with Crippen LogP contribution in [0.25, 0.3) is 0 Å². The van der Waals surface area contributed by atoms with Gasteiger partial charge in [-0.15, -0.1) is 0 Å². The van der Waals surface area contributed by atoms with Crippen LogP contribution in [-0.2, 0) is 4.74 Å². The highest BCUT2D eigenvalue weighted by Crippen LogP contribution is 2.41. The molecule has 6 N–H and O–H groups in total. The molecule has 0 saturated carbocycles. The van der Waals surface area contributed by atoms with Gasteiger partial charge in [0.1, 0.15) is 6.23 Å². The third kappa shape index (κ3) is 4.82. The standard InChI is InChI=1S/C17H28F6N4O2/c18-16(19,20)9-8-10(24)12-13-26-27-14(29-13)15(28,17(21,22)23)7-5-3-1-2-4-6-11(9)25-12/h9-14,25-28H,1-8,24H2/t9?,10?,11?,12?,13?,14?,15-/m1/s1. The van der Waals surface area contributed by atoms with Crippen molar-refractivity contribution < 1.29 is 36.2 Å². The molecule has 0 amide bonds. The van der Waals surface area contributed by atoms with Gasteiger partial charge in [-0.25, -0.2) is 10.9 Å². The summed E-state index contributed by atoms with van der Waals surface area (Å²) in [7, 11) is 0. The summed E-state index contributed by atoms with van der Waals surface area (Å²) < 4.78 is 86.7. The normalized spacial score (nSPS) is 43.0. The van der Waals surface area contributed by atoms with E-state index in [4.69, 9.17) is 10.5 Å². The van der Waals surface area contributed by atoms with Crippen LogP contribution in [0.15, 0.2) is 0 Å². The molecule has 0 aliphatic carbocycles. The summed E-state index contributed by atoms with van der Waals surface area (Å²) in [5.74, 6) is -1.63. The zero-order chi connectivity index (χ0) is 21.4. The summed E-state index contributed by atoms with van der Waals surface area (Å²) in [4.78, 5) is 0. The smallest absolute Gasteiger partial charge is 0.377 e. The fraction of sp³-hybridized carbons (Fsp3) is 1.00. The lowest BCUT2D eigenvalue weighted by molar-refractivity contribution is -0.300. The van der Waals surface area contributed by atoms with E-state index in [0.717, 1.165) is 0 Å². The van der Waals surface area contributed by atoms with Gasteiger partial charge in [0.15, 0.2) is 6.23 Å². The molecule has 3 aliphatic heterocycles. The number of alkyl halides is 6. The van der Waals surface area contributed by atoms with E-state index in [1.165, 1.54) is 0 Å². The number of nitrogens with one attached hydrogen (secondary N) is 3. The van der Waals surface area contributed by atoms with Crippen LogP contribution in [0.5, 0.6) is 0 Å². The van der Waals surface area contributed by atoms with Gasteiger partial charge in [0.05, 0.1) is 12.0 Å². The Labute approximate surface area is 164 Å². The number of hydrogen-bond donors (Lipinski definition) is 5. The van der Waals surface area contributed by atoms with Gasteiger partial charge in [-0.3, -0.25) is 0 Å². The Morgan fingerprint density at radius 2 is 1.62 bits per heavy atom. The largest absolute Gasteiger partial charge is 0.421 e. The van der Waals surface area contributed by atoms with E-state index in [9.17, 15) is 31.4 Å². The number of fused-ring (bicyclic) bond motifs is 5. The van der Waals surface area contributed by atoms with E-state index in [1.54, 1.807) is 0 Å². The molecule has 7 atom stereocenters. The van der Waals surface area contributed by atoms with Gasteiger partial charge < -0.3 is 20.9 Å². The first-order chi connectivity index (χ1) is 13.4. The molecule has 6 unspecified atom stereocenters. The predicted molar refractivity (Wildman–Crippen MR) is 91.1 cm³/mol. The summed E-state index contributed by atoms with van der Waals surface area (Å²) in [5, 5.41) is 13.3. The minimum absolute atomic E-state index is 0.123. The highest BCUT2D eigenvalue weighted by molar-refractivity contribution is 5.02. The first-order valence-corrected chi connectivity index (χ1v) is 9.97. The monoisotopic (exact) mass is 434 g/mol. The lowest BCUT2D eigenvalue weighted by Gasteiger charge is -2.44. The van der Waals surface area contributed by atoms with Crippen LogP contribution in [-0.4, -0.2) is 53.6 Å². The predicted octanol–water partition coefficient (Wildman–Crippen LogP) is 2.04. The van der Waals surface area contributed by atoms with Crippen LogP contribution in [0.1, 0.15) is 51.4 Å². The number of halogens is 6. The maximum absolute atomic E-state index is 13.6. The molecule has 29 heavy (non-hydrogen) atoms. The van der Waals surface area contributed by atoms with E-state index < -0.39 is 60.9 Å². The topological polar surface area (TPSA) is 91.6 Å². The van der Waals surface area contributed by atoms with Gasteiger partial charge >= 0.3 is 12.4 Å². The highest BCUT2D eigenvalue weighted by atomic mass is 19.4. The molecule has 3 fully saturated rings. The number of hydrazine groups is 1. The lowest BCUT2D eigenvalue weighted by Crippen LogP contribution is -2.66. The van der Waals surface area contributed by atoms with Gasteiger partial charge in [-0.1, -0.05) is 32.1 Å². The second-order valence-electron chi connectivity index (χ2n) is 8.30. The van der Waals surface area contributed by atoms with Crippen molar-refractivity contribution in [2.75, 3.05) is 0 Å². The van der Waals surface area contributed by atoms with Gasteiger partial charge in [-0.05, 0) is 19.3 Å². The highest BCUT2D eigenvalue weighted by Gasteiger charge is 2.61. The number of rotatable bonds is 0.